The van der Waals surface area contributed by atoms with Gasteiger partial charge in [0, 0.05) is 17.8 Å². The van der Waals surface area contributed by atoms with Crippen LogP contribution in [0.3, 0.4) is 0 Å². The fraction of sp³-hybridized carbons (Fsp3) is 0. The number of hydrogen-bond donors (Lipinski definition) is 0. The summed E-state index contributed by atoms with van der Waals surface area (Å²) in [7, 11) is 0. The molecule has 0 fully saturated rings. The second kappa shape index (κ2) is 2.85. The molecule has 14 heavy (non-hydrogen) atoms. The van der Waals surface area contributed by atoms with E-state index < -0.39 is 0 Å². The van der Waals surface area contributed by atoms with E-state index in [9.17, 15) is 0 Å². The number of thiazole rings is 1. The zero-order chi connectivity index (χ0) is 9.38. The Hall–Kier alpha value is -1.82. The smallest absolute Gasteiger partial charge is 0.168 e. The zero-order valence-electron chi connectivity index (χ0n) is 7.03. The lowest BCUT2D eigenvalue weighted by atomic mass is 10.3. The summed E-state index contributed by atoms with van der Waals surface area (Å²) in [6.45, 7) is 0. The fourth-order valence-corrected chi connectivity index (χ4v) is 1.91. The summed E-state index contributed by atoms with van der Waals surface area (Å²) in [6.07, 6.45) is 6.65. The minimum Gasteiger partial charge on any atom is -0.244 e. The molecule has 0 unspecified atom stereocenters. The Morgan fingerprint density at radius 3 is 3.14 bits per heavy atom. The fourth-order valence-electron chi connectivity index (χ4n) is 1.26. The van der Waals surface area contributed by atoms with Gasteiger partial charge in [-0.25, -0.2) is 19.5 Å². The standard InChI is InChI=1S/C8H5N5S/c1-2-14-8(10-1)6-3-9-5-13-7(6)11-4-12-13/h1-5H. The lowest BCUT2D eigenvalue weighted by Gasteiger charge is -1.96. The summed E-state index contributed by atoms with van der Waals surface area (Å²) in [6, 6.07) is 0. The topological polar surface area (TPSA) is 56.0 Å². The van der Waals surface area contributed by atoms with E-state index in [2.05, 4.69) is 20.1 Å². The first kappa shape index (κ1) is 7.57. The summed E-state index contributed by atoms with van der Waals surface area (Å²) in [5, 5.41) is 6.85. The third kappa shape index (κ3) is 1.01. The maximum Gasteiger partial charge on any atom is 0.168 e. The first-order valence-electron chi connectivity index (χ1n) is 3.98. The van der Waals surface area contributed by atoms with E-state index in [1.54, 1.807) is 34.6 Å². The van der Waals surface area contributed by atoms with E-state index in [4.69, 9.17) is 0 Å². The molecule has 0 spiro atoms. The van der Waals surface area contributed by atoms with Crippen molar-refractivity contribution in [3.8, 4) is 10.6 Å². The molecule has 0 aliphatic rings. The van der Waals surface area contributed by atoms with Crippen LogP contribution in [-0.2, 0) is 0 Å². The van der Waals surface area contributed by atoms with Crippen LogP contribution in [0.5, 0.6) is 0 Å². The lowest BCUT2D eigenvalue weighted by Crippen LogP contribution is -1.91. The number of fused-ring (bicyclic) bond motifs is 1. The molecule has 6 heteroatoms. The van der Waals surface area contributed by atoms with E-state index in [0.29, 0.717) is 0 Å². The molecule has 0 saturated heterocycles. The van der Waals surface area contributed by atoms with Gasteiger partial charge in [0.05, 0.1) is 5.56 Å². The third-order valence-corrected chi connectivity index (χ3v) is 2.66. The van der Waals surface area contributed by atoms with Gasteiger partial charge in [-0.05, 0) is 0 Å². The van der Waals surface area contributed by atoms with Gasteiger partial charge in [0.15, 0.2) is 5.65 Å². The Morgan fingerprint density at radius 2 is 2.29 bits per heavy atom. The summed E-state index contributed by atoms with van der Waals surface area (Å²) in [4.78, 5) is 12.4. The van der Waals surface area contributed by atoms with Crippen LogP contribution in [0.4, 0.5) is 0 Å². The number of rotatable bonds is 1. The van der Waals surface area contributed by atoms with E-state index >= 15 is 0 Å². The van der Waals surface area contributed by atoms with Gasteiger partial charge in [0.2, 0.25) is 0 Å². The van der Waals surface area contributed by atoms with Crippen LogP contribution < -0.4 is 0 Å². The van der Waals surface area contributed by atoms with Crippen molar-refractivity contribution in [2.24, 2.45) is 0 Å². The third-order valence-electron chi connectivity index (χ3n) is 1.86. The highest BCUT2D eigenvalue weighted by Gasteiger charge is 2.07. The Balaban J connectivity index is 2.36. The van der Waals surface area contributed by atoms with Crippen molar-refractivity contribution in [3.05, 3.63) is 30.4 Å². The average molecular weight is 203 g/mol. The first-order chi connectivity index (χ1) is 6.95. The molecule has 0 aliphatic heterocycles. The highest BCUT2D eigenvalue weighted by Crippen LogP contribution is 2.23. The van der Waals surface area contributed by atoms with Crippen molar-refractivity contribution in [2.45, 2.75) is 0 Å². The van der Waals surface area contributed by atoms with Crippen molar-refractivity contribution < 1.29 is 0 Å². The molecule has 0 atom stereocenters. The van der Waals surface area contributed by atoms with Crippen molar-refractivity contribution in [2.75, 3.05) is 0 Å². The molecule has 0 saturated carbocycles. The predicted molar refractivity (Wildman–Crippen MR) is 51.9 cm³/mol. The Labute approximate surface area is 83.1 Å². The van der Waals surface area contributed by atoms with Crippen LogP contribution in [0.15, 0.2) is 30.4 Å². The minimum absolute atomic E-state index is 0.787. The molecule has 0 radical (unpaired) electrons. The molecule has 5 nitrogen and oxygen atoms in total. The molecule has 0 aliphatic carbocycles. The molecule has 0 aromatic carbocycles. The summed E-state index contributed by atoms with van der Waals surface area (Å²) in [5.41, 5.74) is 1.70. The van der Waals surface area contributed by atoms with Gasteiger partial charge in [0.1, 0.15) is 17.7 Å². The normalized spacial score (nSPS) is 10.9. The van der Waals surface area contributed by atoms with Gasteiger partial charge < -0.3 is 0 Å². The number of hydrogen-bond acceptors (Lipinski definition) is 5. The van der Waals surface area contributed by atoms with Crippen LogP contribution in [0.1, 0.15) is 0 Å². The van der Waals surface area contributed by atoms with Gasteiger partial charge in [-0.2, -0.15) is 5.10 Å². The van der Waals surface area contributed by atoms with Gasteiger partial charge >= 0.3 is 0 Å². The van der Waals surface area contributed by atoms with Crippen molar-refractivity contribution in [3.63, 3.8) is 0 Å². The summed E-state index contributed by atoms with van der Waals surface area (Å²) >= 11 is 1.56. The SMILES string of the molecule is c1csc(-c2cncn3ncnc23)n1. The first-order valence-corrected chi connectivity index (χ1v) is 4.86. The largest absolute Gasteiger partial charge is 0.244 e. The van der Waals surface area contributed by atoms with E-state index in [0.717, 1.165) is 16.2 Å². The molecule has 0 N–H and O–H groups in total. The van der Waals surface area contributed by atoms with Crippen LogP contribution in [-0.4, -0.2) is 24.6 Å². The van der Waals surface area contributed by atoms with E-state index in [1.165, 1.54) is 6.33 Å². The van der Waals surface area contributed by atoms with Crippen LogP contribution in [0.25, 0.3) is 16.2 Å². The van der Waals surface area contributed by atoms with Gasteiger partial charge in [-0.1, -0.05) is 0 Å². The molecule has 3 aromatic heterocycles. The highest BCUT2D eigenvalue weighted by molar-refractivity contribution is 7.13. The van der Waals surface area contributed by atoms with Crippen LogP contribution in [0.2, 0.25) is 0 Å². The molecular weight excluding hydrogens is 198 g/mol. The summed E-state index contributed by atoms with van der Waals surface area (Å²) in [5.74, 6) is 0. The maximum atomic E-state index is 4.21. The van der Waals surface area contributed by atoms with E-state index in [1.807, 2.05) is 5.38 Å². The second-order valence-corrected chi connectivity index (χ2v) is 3.57. The van der Waals surface area contributed by atoms with Gasteiger partial charge in [-0.15, -0.1) is 11.3 Å². The summed E-state index contributed by atoms with van der Waals surface area (Å²) < 4.78 is 1.64. The van der Waals surface area contributed by atoms with Crippen molar-refractivity contribution in [1.29, 1.82) is 0 Å². The Kier molecular flexibility index (Phi) is 1.54. The predicted octanol–water partition coefficient (Wildman–Crippen LogP) is 1.25. The highest BCUT2D eigenvalue weighted by atomic mass is 32.1. The van der Waals surface area contributed by atoms with Gasteiger partial charge in [-0.3, -0.25) is 0 Å². The molecule has 0 amide bonds. The minimum atomic E-state index is 0.787. The Bertz CT molecular complexity index is 556. The van der Waals surface area contributed by atoms with Gasteiger partial charge in [0.25, 0.3) is 0 Å². The zero-order valence-corrected chi connectivity index (χ0v) is 7.85. The van der Waals surface area contributed by atoms with Crippen molar-refractivity contribution in [1.82, 2.24) is 24.6 Å². The Morgan fingerprint density at radius 1 is 1.29 bits per heavy atom. The maximum absolute atomic E-state index is 4.21. The average Bonchev–Trinajstić information content (AvgIpc) is 2.88. The molecule has 3 rings (SSSR count). The lowest BCUT2D eigenvalue weighted by molar-refractivity contribution is 0.923. The molecule has 68 valence electrons. The number of aromatic nitrogens is 5. The molecule has 0 bridgehead atoms. The number of nitrogens with zero attached hydrogens (tertiary/aromatic N) is 5. The molecular formula is C8H5N5S. The second-order valence-electron chi connectivity index (χ2n) is 2.67. The monoisotopic (exact) mass is 203 g/mol. The van der Waals surface area contributed by atoms with Crippen molar-refractivity contribution >= 4 is 17.0 Å². The van der Waals surface area contributed by atoms with Crippen LogP contribution >= 0.6 is 11.3 Å². The van der Waals surface area contributed by atoms with Crippen LogP contribution in [0, 0.1) is 0 Å². The molecule has 3 heterocycles. The van der Waals surface area contributed by atoms with E-state index in [-0.39, 0.29) is 0 Å². The quantitative estimate of drug-likeness (QED) is 0.597. The molecule has 3 aromatic rings.